The molecule has 10 heteroatoms. The third-order valence-corrected chi connectivity index (χ3v) is 6.91. The van der Waals surface area contributed by atoms with E-state index in [1.807, 2.05) is 61.0 Å². The van der Waals surface area contributed by atoms with Crippen LogP contribution in [-0.2, 0) is 6.54 Å². The van der Waals surface area contributed by atoms with Gasteiger partial charge in [0.25, 0.3) is 11.5 Å². The highest BCUT2D eigenvalue weighted by Crippen LogP contribution is 2.28. The molecule has 34 heavy (non-hydrogen) atoms. The zero-order valence-corrected chi connectivity index (χ0v) is 20.5. The van der Waals surface area contributed by atoms with Gasteiger partial charge in [-0.15, -0.1) is 11.3 Å². The van der Waals surface area contributed by atoms with Crippen LogP contribution >= 0.6 is 22.7 Å². The molecule has 0 bridgehead atoms. The first-order chi connectivity index (χ1) is 16.3. The van der Waals surface area contributed by atoms with E-state index in [1.54, 1.807) is 16.7 Å². The Labute approximate surface area is 204 Å². The number of aromatic nitrogens is 3. The molecule has 3 heterocycles. The van der Waals surface area contributed by atoms with Crippen molar-refractivity contribution in [3.8, 4) is 10.6 Å². The van der Waals surface area contributed by atoms with Crippen LogP contribution < -0.4 is 21.9 Å². The molecule has 0 aliphatic carbocycles. The van der Waals surface area contributed by atoms with Crippen molar-refractivity contribution >= 4 is 40.1 Å². The van der Waals surface area contributed by atoms with E-state index in [-0.39, 0.29) is 36.2 Å². The predicted octanol–water partition coefficient (Wildman–Crippen LogP) is 4.05. The van der Waals surface area contributed by atoms with Gasteiger partial charge in [-0.05, 0) is 29.3 Å². The number of amides is 1. The second-order valence-electron chi connectivity index (χ2n) is 8.25. The first-order valence-corrected chi connectivity index (χ1v) is 12.6. The maximum atomic E-state index is 13.6. The number of aromatic amines is 1. The van der Waals surface area contributed by atoms with E-state index in [1.165, 1.54) is 20.8 Å². The van der Waals surface area contributed by atoms with Gasteiger partial charge >= 0.3 is 5.69 Å². The van der Waals surface area contributed by atoms with E-state index < -0.39 is 17.2 Å². The van der Waals surface area contributed by atoms with Crippen molar-refractivity contribution in [2.45, 2.75) is 26.8 Å². The van der Waals surface area contributed by atoms with Crippen LogP contribution in [0.1, 0.15) is 36.3 Å². The largest absolute Gasteiger partial charge is 0.383 e. The molecule has 3 aromatic heterocycles. The number of carbonyl (C=O) groups is 1. The minimum Gasteiger partial charge on any atom is -0.383 e. The van der Waals surface area contributed by atoms with E-state index >= 15 is 0 Å². The molecule has 8 nitrogen and oxygen atoms in total. The fourth-order valence-electron chi connectivity index (χ4n) is 3.49. The number of nitrogens with two attached hydrogens (primary N) is 1. The molecule has 0 fully saturated rings. The molecule has 0 radical (unpaired) electrons. The smallest absolute Gasteiger partial charge is 0.330 e. The third-order valence-electron chi connectivity index (χ3n) is 5.33. The van der Waals surface area contributed by atoms with E-state index in [2.05, 4.69) is 9.97 Å². The molecule has 0 saturated carbocycles. The van der Waals surface area contributed by atoms with Crippen LogP contribution in [0.3, 0.4) is 0 Å². The van der Waals surface area contributed by atoms with Crippen molar-refractivity contribution in [3.63, 3.8) is 0 Å². The second-order valence-corrected chi connectivity index (χ2v) is 9.89. The number of carbonyl (C=O) groups excluding carboxylic acids is 1. The van der Waals surface area contributed by atoms with Crippen molar-refractivity contribution in [3.05, 3.63) is 84.6 Å². The lowest BCUT2D eigenvalue weighted by Gasteiger charge is -2.24. The molecule has 4 rings (SSSR count). The van der Waals surface area contributed by atoms with Crippen molar-refractivity contribution < 1.29 is 4.79 Å². The Morgan fingerprint density at radius 2 is 1.94 bits per heavy atom. The Morgan fingerprint density at radius 1 is 1.18 bits per heavy atom. The molecule has 3 N–H and O–H groups in total. The van der Waals surface area contributed by atoms with Gasteiger partial charge < -0.3 is 5.73 Å². The highest BCUT2D eigenvalue weighted by atomic mass is 32.1. The van der Waals surface area contributed by atoms with Crippen LogP contribution in [-0.4, -0.2) is 27.0 Å². The summed E-state index contributed by atoms with van der Waals surface area (Å²) >= 11 is 2.92. The SMILES string of the molecule is CC(C)CCN(C(=O)c1csc(-c2ccsc2)n1)c1c(N)n(Cc2ccccc2)c(=O)[nH]c1=O. The average Bonchev–Trinajstić information content (AvgIpc) is 3.51. The molecule has 0 aliphatic heterocycles. The Bertz CT molecular complexity index is 1390. The molecule has 4 aromatic rings. The number of hydrogen-bond acceptors (Lipinski definition) is 7. The maximum absolute atomic E-state index is 13.6. The van der Waals surface area contributed by atoms with Crippen LogP contribution in [0.2, 0.25) is 0 Å². The number of hydrogen-bond donors (Lipinski definition) is 2. The van der Waals surface area contributed by atoms with Gasteiger partial charge in [0.2, 0.25) is 0 Å². The third kappa shape index (κ3) is 5.02. The van der Waals surface area contributed by atoms with Gasteiger partial charge in [0.15, 0.2) is 5.69 Å². The van der Waals surface area contributed by atoms with Gasteiger partial charge in [-0.2, -0.15) is 11.3 Å². The number of benzene rings is 1. The van der Waals surface area contributed by atoms with Crippen molar-refractivity contribution in [2.24, 2.45) is 5.92 Å². The first kappa shape index (κ1) is 23.7. The van der Waals surface area contributed by atoms with E-state index in [0.717, 1.165) is 16.1 Å². The molecule has 1 aromatic carbocycles. The number of thiophene rings is 1. The van der Waals surface area contributed by atoms with Gasteiger partial charge in [0.1, 0.15) is 16.5 Å². The summed E-state index contributed by atoms with van der Waals surface area (Å²) in [4.78, 5) is 47.3. The van der Waals surface area contributed by atoms with E-state index in [9.17, 15) is 14.4 Å². The lowest BCUT2D eigenvalue weighted by molar-refractivity contribution is 0.0981. The summed E-state index contributed by atoms with van der Waals surface area (Å²) in [7, 11) is 0. The summed E-state index contributed by atoms with van der Waals surface area (Å²) in [5.41, 5.74) is 7.03. The van der Waals surface area contributed by atoms with Gasteiger partial charge in [0.05, 0.1) is 6.54 Å². The summed E-state index contributed by atoms with van der Waals surface area (Å²) < 4.78 is 1.28. The predicted molar refractivity (Wildman–Crippen MR) is 138 cm³/mol. The highest BCUT2D eigenvalue weighted by molar-refractivity contribution is 7.14. The molecule has 0 spiro atoms. The Morgan fingerprint density at radius 3 is 2.62 bits per heavy atom. The minimum absolute atomic E-state index is 0.0359. The number of H-pyrrole nitrogens is 1. The fourth-order valence-corrected chi connectivity index (χ4v) is 5.00. The van der Waals surface area contributed by atoms with Gasteiger partial charge in [-0.3, -0.25) is 24.0 Å². The standard InChI is InChI=1S/C24H25N5O3S2/c1-15(2)8-10-28(23(31)18-14-34-22(26-18)17-9-11-33-13-17)19-20(25)29(24(32)27-21(19)30)12-16-6-4-3-5-7-16/h3-7,9,11,13-15H,8,10,12,25H2,1-2H3,(H,27,30,32). The lowest BCUT2D eigenvalue weighted by atomic mass is 10.1. The molecule has 0 unspecified atom stereocenters. The maximum Gasteiger partial charge on any atom is 0.330 e. The first-order valence-electron chi connectivity index (χ1n) is 10.8. The minimum atomic E-state index is -0.697. The van der Waals surface area contributed by atoms with Crippen LogP contribution in [0.5, 0.6) is 0 Å². The van der Waals surface area contributed by atoms with Crippen LogP contribution in [0, 0.1) is 5.92 Å². The Balaban J connectivity index is 1.76. The molecule has 0 atom stereocenters. The summed E-state index contributed by atoms with van der Waals surface area (Å²) in [5, 5.41) is 6.32. The Kier molecular flexibility index (Phi) is 7.09. The number of rotatable bonds is 8. The second kappa shape index (κ2) is 10.2. The molecular formula is C24H25N5O3S2. The molecule has 0 aliphatic rings. The normalized spacial score (nSPS) is 11.1. The average molecular weight is 496 g/mol. The fraction of sp³-hybridized carbons (Fsp3) is 0.250. The van der Waals surface area contributed by atoms with Crippen LogP contribution in [0.25, 0.3) is 10.6 Å². The van der Waals surface area contributed by atoms with E-state index in [0.29, 0.717) is 6.42 Å². The monoisotopic (exact) mass is 495 g/mol. The van der Waals surface area contributed by atoms with Crippen LogP contribution in [0.15, 0.2) is 62.1 Å². The number of anilines is 2. The molecule has 176 valence electrons. The number of thiazole rings is 1. The molecular weight excluding hydrogens is 470 g/mol. The summed E-state index contributed by atoms with van der Waals surface area (Å²) in [6, 6.07) is 11.2. The van der Waals surface area contributed by atoms with Crippen molar-refractivity contribution in [2.75, 3.05) is 17.2 Å². The van der Waals surface area contributed by atoms with Gasteiger partial charge in [-0.25, -0.2) is 9.78 Å². The van der Waals surface area contributed by atoms with Crippen molar-refractivity contribution in [1.29, 1.82) is 0 Å². The van der Waals surface area contributed by atoms with Crippen molar-refractivity contribution in [1.82, 2.24) is 14.5 Å². The zero-order valence-electron chi connectivity index (χ0n) is 18.9. The quantitative estimate of drug-likeness (QED) is 0.383. The lowest BCUT2D eigenvalue weighted by Crippen LogP contribution is -2.42. The van der Waals surface area contributed by atoms with E-state index in [4.69, 9.17) is 5.73 Å². The number of nitrogen functional groups attached to an aromatic ring is 1. The highest BCUT2D eigenvalue weighted by Gasteiger charge is 2.27. The number of nitrogens with one attached hydrogen (secondary N) is 1. The molecule has 0 saturated heterocycles. The van der Waals surface area contributed by atoms with Gasteiger partial charge in [-0.1, -0.05) is 44.2 Å². The Hall–Kier alpha value is -3.50. The van der Waals surface area contributed by atoms with Gasteiger partial charge in [0, 0.05) is 22.9 Å². The molecule has 1 amide bonds. The zero-order chi connectivity index (χ0) is 24.2. The summed E-state index contributed by atoms with van der Waals surface area (Å²) in [6.45, 7) is 4.49. The summed E-state index contributed by atoms with van der Waals surface area (Å²) in [5.74, 6) is -0.203. The number of nitrogens with zero attached hydrogens (tertiary/aromatic N) is 3. The topological polar surface area (TPSA) is 114 Å². The van der Waals surface area contributed by atoms with Crippen LogP contribution in [0.4, 0.5) is 11.5 Å². The summed E-state index contributed by atoms with van der Waals surface area (Å²) in [6.07, 6.45) is 0.643.